The van der Waals surface area contributed by atoms with E-state index in [0.29, 0.717) is 17.7 Å². The highest BCUT2D eigenvalue weighted by molar-refractivity contribution is 5.91. The standard InChI is InChI=1S/C18H17F3N2O2/c19-18(20,21)17(25)22-12-14-8-4-5-9-15(14)23-16(24)11-10-13-6-2-1-3-7-13/h1-9H,10-12H2,(H,22,25)(H,23,24). The number of para-hydroxylation sites is 1. The van der Waals surface area contributed by atoms with Gasteiger partial charge in [-0.3, -0.25) is 9.59 Å². The van der Waals surface area contributed by atoms with Gasteiger partial charge in [0.25, 0.3) is 0 Å². The van der Waals surface area contributed by atoms with Crippen LogP contribution in [0.3, 0.4) is 0 Å². The molecule has 132 valence electrons. The monoisotopic (exact) mass is 350 g/mol. The Balaban J connectivity index is 1.93. The van der Waals surface area contributed by atoms with Crippen molar-refractivity contribution in [2.45, 2.75) is 25.6 Å². The van der Waals surface area contributed by atoms with Crippen LogP contribution in [0.15, 0.2) is 54.6 Å². The lowest BCUT2D eigenvalue weighted by Gasteiger charge is -2.13. The average molecular weight is 350 g/mol. The van der Waals surface area contributed by atoms with Crippen LogP contribution in [-0.2, 0) is 22.6 Å². The molecule has 0 atom stereocenters. The van der Waals surface area contributed by atoms with Crippen molar-refractivity contribution in [1.82, 2.24) is 5.32 Å². The summed E-state index contributed by atoms with van der Waals surface area (Å²) in [4.78, 5) is 23.0. The maximum Gasteiger partial charge on any atom is 0.471 e. The zero-order valence-electron chi connectivity index (χ0n) is 13.3. The second-order valence-electron chi connectivity index (χ2n) is 5.37. The van der Waals surface area contributed by atoms with Crippen molar-refractivity contribution in [1.29, 1.82) is 0 Å². The summed E-state index contributed by atoms with van der Waals surface area (Å²) in [6.45, 7) is -0.326. The number of carbonyl (C=O) groups excluding carboxylic acids is 2. The van der Waals surface area contributed by atoms with Gasteiger partial charge in [0.15, 0.2) is 0 Å². The molecule has 0 spiro atoms. The summed E-state index contributed by atoms with van der Waals surface area (Å²) < 4.78 is 36.7. The molecule has 2 aromatic carbocycles. The Labute approximate surface area is 143 Å². The Hall–Kier alpha value is -2.83. The van der Waals surface area contributed by atoms with E-state index in [2.05, 4.69) is 5.32 Å². The van der Waals surface area contributed by atoms with Crippen LogP contribution in [0.2, 0.25) is 0 Å². The van der Waals surface area contributed by atoms with Gasteiger partial charge in [-0.05, 0) is 23.6 Å². The van der Waals surface area contributed by atoms with Gasteiger partial charge in [-0.15, -0.1) is 0 Å². The van der Waals surface area contributed by atoms with E-state index < -0.39 is 12.1 Å². The number of anilines is 1. The van der Waals surface area contributed by atoms with Crippen LogP contribution in [0.1, 0.15) is 17.5 Å². The number of benzene rings is 2. The lowest BCUT2D eigenvalue weighted by molar-refractivity contribution is -0.173. The minimum Gasteiger partial charge on any atom is -0.344 e. The van der Waals surface area contributed by atoms with Gasteiger partial charge in [0.2, 0.25) is 5.91 Å². The first-order valence-electron chi connectivity index (χ1n) is 7.63. The van der Waals surface area contributed by atoms with Gasteiger partial charge in [0.1, 0.15) is 0 Å². The molecular formula is C18H17F3N2O2. The van der Waals surface area contributed by atoms with Crippen LogP contribution in [0.25, 0.3) is 0 Å². The topological polar surface area (TPSA) is 58.2 Å². The number of aryl methyl sites for hydroxylation is 1. The molecule has 7 heteroatoms. The molecule has 0 aliphatic carbocycles. The first-order chi connectivity index (χ1) is 11.9. The molecule has 2 N–H and O–H groups in total. The number of hydrogen-bond acceptors (Lipinski definition) is 2. The SMILES string of the molecule is O=C(CCc1ccccc1)Nc1ccccc1CNC(=O)C(F)(F)F. The molecule has 25 heavy (non-hydrogen) atoms. The average Bonchev–Trinajstić information content (AvgIpc) is 2.59. The normalized spacial score (nSPS) is 11.0. The molecule has 4 nitrogen and oxygen atoms in total. The maximum absolute atomic E-state index is 12.2. The largest absolute Gasteiger partial charge is 0.471 e. The van der Waals surface area contributed by atoms with Crippen molar-refractivity contribution in [3.8, 4) is 0 Å². The molecule has 0 saturated heterocycles. The number of halogens is 3. The molecular weight excluding hydrogens is 333 g/mol. The number of amides is 2. The number of nitrogens with one attached hydrogen (secondary N) is 2. The number of alkyl halides is 3. The van der Waals surface area contributed by atoms with E-state index in [4.69, 9.17) is 0 Å². The number of rotatable bonds is 6. The molecule has 0 heterocycles. The van der Waals surface area contributed by atoms with Gasteiger partial charge in [-0.1, -0.05) is 48.5 Å². The maximum atomic E-state index is 12.2. The molecule has 0 aliphatic rings. The van der Waals surface area contributed by atoms with Crippen molar-refractivity contribution in [3.63, 3.8) is 0 Å². The third-order valence-corrected chi connectivity index (χ3v) is 3.47. The van der Waals surface area contributed by atoms with Crippen LogP contribution < -0.4 is 10.6 Å². The Kier molecular flexibility index (Phi) is 6.16. The van der Waals surface area contributed by atoms with Crippen LogP contribution in [-0.4, -0.2) is 18.0 Å². The van der Waals surface area contributed by atoms with Crippen LogP contribution in [0.4, 0.5) is 18.9 Å². The van der Waals surface area contributed by atoms with Crippen molar-refractivity contribution < 1.29 is 22.8 Å². The summed E-state index contributed by atoms with van der Waals surface area (Å²) in [5.41, 5.74) is 1.79. The van der Waals surface area contributed by atoms with Gasteiger partial charge < -0.3 is 10.6 Å². The third-order valence-electron chi connectivity index (χ3n) is 3.47. The molecule has 2 amide bonds. The second kappa shape index (κ2) is 8.32. The van der Waals surface area contributed by atoms with Crippen LogP contribution in [0.5, 0.6) is 0 Å². The summed E-state index contributed by atoms with van der Waals surface area (Å²) >= 11 is 0. The molecule has 0 aliphatic heterocycles. The molecule has 0 saturated carbocycles. The highest BCUT2D eigenvalue weighted by atomic mass is 19.4. The Morgan fingerprint density at radius 2 is 1.56 bits per heavy atom. The minimum atomic E-state index is -4.94. The quantitative estimate of drug-likeness (QED) is 0.839. The van der Waals surface area contributed by atoms with Crippen LogP contribution in [0, 0.1) is 0 Å². The van der Waals surface area contributed by atoms with Gasteiger partial charge in [-0.25, -0.2) is 0 Å². The van der Waals surface area contributed by atoms with E-state index in [1.165, 1.54) is 0 Å². The molecule has 2 aromatic rings. The fourth-order valence-electron chi connectivity index (χ4n) is 2.19. The molecule has 0 bridgehead atoms. The van der Waals surface area contributed by atoms with Crippen molar-refractivity contribution in [2.24, 2.45) is 0 Å². The summed E-state index contributed by atoms with van der Waals surface area (Å²) in [5.74, 6) is -2.27. The smallest absolute Gasteiger partial charge is 0.344 e. The Morgan fingerprint density at radius 1 is 0.920 bits per heavy atom. The summed E-state index contributed by atoms with van der Waals surface area (Å²) in [6, 6.07) is 15.9. The Morgan fingerprint density at radius 3 is 2.24 bits per heavy atom. The van der Waals surface area contributed by atoms with E-state index >= 15 is 0 Å². The van der Waals surface area contributed by atoms with Crippen LogP contribution >= 0.6 is 0 Å². The lowest BCUT2D eigenvalue weighted by Crippen LogP contribution is -2.36. The highest BCUT2D eigenvalue weighted by Crippen LogP contribution is 2.18. The zero-order valence-corrected chi connectivity index (χ0v) is 13.3. The molecule has 0 aromatic heterocycles. The van der Waals surface area contributed by atoms with Gasteiger partial charge in [0.05, 0.1) is 0 Å². The van der Waals surface area contributed by atoms with E-state index in [1.807, 2.05) is 30.3 Å². The first kappa shape index (κ1) is 18.5. The molecule has 2 rings (SSSR count). The van der Waals surface area contributed by atoms with E-state index in [9.17, 15) is 22.8 Å². The van der Waals surface area contributed by atoms with Crippen molar-refractivity contribution in [3.05, 3.63) is 65.7 Å². The van der Waals surface area contributed by atoms with Gasteiger partial charge in [-0.2, -0.15) is 13.2 Å². The number of carbonyl (C=O) groups is 2. The highest BCUT2D eigenvalue weighted by Gasteiger charge is 2.38. The van der Waals surface area contributed by atoms with Crippen molar-refractivity contribution >= 4 is 17.5 Å². The molecule has 0 unspecified atom stereocenters. The van der Waals surface area contributed by atoms with Gasteiger partial charge >= 0.3 is 12.1 Å². The summed E-state index contributed by atoms with van der Waals surface area (Å²) in [7, 11) is 0. The Bertz CT molecular complexity index is 731. The van der Waals surface area contributed by atoms with E-state index in [-0.39, 0.29) is 18.9 Å². The van der Waals surface area contributed by atoms with E-state index in [0.717, 1.165) is 5.56 Å². The fraction of sp³-hybridized carbons (Fsp3) is 0.222. The first-order valence-corrected chi connectivity index (χ1v) is 7.63. The zero-order chi connectivity index (χ0) is 18.3. The third kappa shape index (κ3) is 5.95. The van der Waals surface area contributed by atoms with Crippen molar-refractivity contribution in [2.75, 3.05) is 5.32 Å². The van der Waals surface area contributed by atoms with Gasteiger partial charge in [0, 0.05) is 18.7 Å². The predicted octanol–water partition coefficient (Wildman–Crippen LogP) is 3.44. The fourth-order valence-corrected chi connectivity index (χ4v) is 2.19. The summed E-state index contributed by atoms with van der Waals surface area (Å²) in [6.07, 6.45) is -4.14. The molecule has 0 radical (unpaired) electrons. The molecule has 0 fully saturated rings. The number of hydrogen-bond donors (Lipinski definition) is 2. The second-order valence-corrected chi connectivity index (χ2v) is 5.37. The van der Waals surface area contributed by atoms with E-state index in [1.54, 1.807) is 29.6 Å². The summed E-state index contributed by atoms with van der Waals surface area (Å²) in [5, 5.41) is 4.47. The predicted molar refractivity (Wildman–Crippen MR) is 87.7 cm³/mol. The minimum absolute atomic E-state index is 0.243. The lowest BCUT2D eigenvalue weighted by atomic mass is 10.1.